The van der Waals surface area contributed by atoms with E-state index in [1.54, 1.807) is 7.11 Å². The third-order valence-corrected chi connectivity index (χ3v) is 2.65. The first-order chi connectivity index (χ1) is 7.36. The highest BCUT2D eigenvalue weighted by Gasteiger charge is 2.13. The summed E-state index contributed by atoms with van der Waals surface area (Å²) in [6.45, 7) is 0. The standard InChI is InChI=1S/C11H10BrNO2/c1-14-10-5-3-2-4-8(10)11-9(6-12)13-7-15-11/h2-5,7H,6H2,1H3. The van der Waals surface area contributed by atoms with E-state index < -0.39 is 0 Å². The average molecular weight is 268 g/mol. The van der Waals surface area contributed by atoms with E-state index in [0.717, 1.165) is 22.8 Å². The minimum absolute atomic E-state index is 0.664. The lowest BCUT2D eigenvalue weighted by atomic mass is 10.1. The van der Waals surface area contributed by atoms with Crippen LogP contribution in [0.1, 0.15) is 5.69 Å². The normalized spacial score (nSPS) is 10.3. The van der Waals surface area contributed by atoms with Gasteiger partial charge in [0.1, 0.15) is 5.75 Å². The van der Waals surface area contributed by atoms with Crippen molar-refractivity contribution in [1.82, 2.24) is 4.98 Å². The molecule has 0 aliphatic heterocycles. The summed E-state index contributed by atoms with van der Waals surface area (Å²) in [5, 5.41) is 0.664. The van der Waals surface area contributed by atoms with Gasteiger partial charge in [0.15, 0.2) is 12.2 Å². The van der Waals surface area contributed by atoms with Crippen LogP contribution in [0.15, 0.2) is 35.1 Å². The Labute approximate surface area is 96.2 Å². The van der Waals surface area contributed by atoms with Crippen molar-refractivity contribution in [1.29, 1.82) is 0 Å². The fraction of sp³-hybridized carbons (Fsp3) is 0.182. The SMILES string of the molecule is COc1ccccc1-c1ocnc1CBr. The Kier molecular flexibility index (Phi) is 3.06. The molecule has 0 aliphatic rings. The van der Waals surface area contributed by atoms with Crippen LogP contribution in [-0.4, -0.2) is 12.1 Å². The molecule has 4 heteroatoms. The predicted molar refractivity (Wildman–Crippen MR) is 61.1 cm³/mol. The second-order valence-corrected chi connectivity index (χ2v) is 3.52. The smallest absolute Gasteiger partial charge is 0.181 e. The van der Waals surface area contributed by atoms with Crippen molar-refractivity contribution in [3.8, 4) is 17.1 Å². The summed E-state index contributed by atoms with van der Waals surface area (Å²) in [5.74, 6) is 1.54. The molecule has 0 unspecified atom stereocenters. The van der Waals surface area contributed by atoms with Gasteiger partial charge in [-0.1, -0.05) is 28.1 Å². The highest BCUT2D eigenvalue weighted by Crippen LogP contribution is 2.32. The lowest BCUT2D eigenvalue weighted by Gasteiger charge is -2.05. The third kappa shape index (κ3) is 1.90. The Morgan fingerprint density at radius 1 is 1.40 bits per heavy atom. The first kappa shape index (κ1) is 10.2. The second kappa shape index (κ2) is 4.49. The van der Waals surface area contributed by atoms with Crippen molar-refractivity contribution in [2.75, 3.05) is 7.11 Å². The van der Waals surface area contributed by atoms with Crippen LogP contribution < -0.4 is 4.74 Å². The molecule has 0 fully saturated rings. The molecular weight excluding hydrogens is 258 g/mol. The molecule has 2 aromatic rings. The van der Waals surface area contributed by atoms with E-state index in [9.17, 15) is 0 Å². The zero-order valence-electron chi connectivity index (χ0n) is 8.24. The highest BCUT2D eigenvalue weighted by atomic mass is 79.9. The summed E-state index contributed by atoms with van der Waals surface area (Å²) in [6.07, 6.45) is 1.44. The molecule has 3 nitrogen and oxygen atoms in total. The van der Waals surface area contributed by atoms with Gasteiger partial charge >= 0.3 is 0 Å². The zero-order valence-corrected chi connectivity index (χ0v) is 9.82. The van der Waals surface area contributed by atoms with Crippen molar-refractivity contribution in [2.45, 2.75) is 5.33 Å². The van der Waals surface area contributed by atoms with E-state index in [1.807, 2.05) is 24.3 Å². The summed E-state index contributed by atoms with van der Waals surface area (Å²) in [7, 11) is 1.64. The maximum Gasteiger partial charge on any atom is 0.181 e. The van der Waals surface area contributed by atoms with Gasteiger partial charge in [-0.25, -0.2) is 4.98 Å². The van der Waals surface area contributed by atoms with Crippen molar-refractivity contribution >= 4 is 15.9 Å². The number of nitrogens with zero attached hydrogens (tertiary/aromatic N) is 1. The summed E-state index contributed by atoms with van der Waals surface area (Å²) in [4.78, 5) is 4.12. The molecule has 1 aromatic heterocycles. The molecule has 78 valence electrons. The number of oxazole rings is 1. The van der Waals surface area contributed by atoms with Crippen molar-refractivity contribution in [3.05, 3.63) is 36.4 Å². The largest absolute Gasteiger partial charge is 0.496 e. The third-order valence-electron chi connectivity index (χ3n) is 2.12. The minimum atomic E-state index is 0.664. The van der Waals surface area contributed by atoms with Gasteiger partial charge in [-0.3, -0.25) is 0 Å². The van der Waals surface area contributed by atoms with Crippen molar-refractivity contribution < 1.29 is 9.15 Å². The maximum absolute atomic E-state index is 5.36. The maximum atomic E-state index is 5.36. The number of halogens is 1. The van der Waals surface area contributed by atoms with E-state index in [2.05, 4.69) is 20.9 Å². The van der Waals surface area contributed by atoms with Gasteiger partial charge in [-0.05, 0) is 12.1 Å². The summed E-state index contributed by atoms with van der Waals surface area (Å²) in [5.41, 5.74) is 1.80. The number of aromatic nitrogens is 1. The number of methoxy groups -OCH3 is 1. The van der Waals surface area contributed by atoms with Gasteiger partial charge in [0.25, 0.3) is 0 Å². The van der Waals surface area contributed by atoms with E-state index in [0.29, 0.717) is 5.33 Å². The van der Waals surface area contributed by atoms with Crippen LogP contribution in [-0.2, 0) is 5.33 Å². The molecule has 0 atom stereocenters. The van der Waals surface area contributed by atoms with Crippen LogP contribution in [0.5, 0.6) is 5.75 Å². The van der Waals surface area contributed by atoms with Crippen LogP contribution in [0.4, 0.5) is 0 Å². The number of para-hydroxylation sites is 1. The Balaban J connectivity index is 2.53. The summed E-state index contributed by atoms with van der Waals surface area (Å²) < 4.78 is 10.6. The fourth-order valence-corrected chi connectivity index (χ4v) is 1.82. The highest BCUT2D eigenvalue weighted by molar-refractivity contribution is 9.08. The average Bonchev–Trinajstić information content (AvgIpc) is 2.76. The lowest BCUT2D eigenvalue weighted by Crippen LogP contribution is -1.88. The van der Waals surface area contributed by atoms with Crippen LogP contribution in [0.2, 0.25) is 0 Å². The number of hydrogen-bond donors (Lipinski definition) is 0. The second-order valence-electron chi connectivity index (χ2n) is 2.96. The van der Waals surface area contributed by atoms with Crippen LogP contribution in [0, 0.1) is 0 Å². The minimum Gasteiger partial charge on any atom is -0.496 e. The first-order valence-electron chi connectivity index (χ1n) is 4.48. The van der Waals surface area contributed by atoms with Gasteiger partial charge in [0.2, 0.25) is 0 Å². The zero-order chi connectivity index (χ0) is 10.7. The number of benzene rings is 1. The number of hydrogen-bond acceptors (Lipinski definition) is 3. The lowest BCUT2D eigenvalue weighted by molar-refractivity contribution is 0.414. The molecule has 0 amide bonds. The van der Waals surface area contributed by atoms with E-state index in [1.165, 1.54) is 6.39 Å². The quantitative estimate of drug-likeness (QED) is 0.801. The summed E-state index contributed by atoms with van der Waals surface area (Å²) in [6, 6.07) is 7.71. The Hall–Kier alpha value is -1.29. The van der Waals surface area contributed by atoms with Crippen molar-refractivity contribution in [3.63, 3.8) is 0 Å². The number of rotatable bonds is 3. The predicted octanol–water partition coefficient (Wildman–Crippen LogP) is 3.25. The van der Waals surface area contributed by atoms with Crippen LogP contribution >= 0.6 is 15.9 Å². The monoisotopic (exact) mass is 267 g/mol. The number of ether oxygens (including phenoxy) is 1. The van der Waals surface area contributed by atoms with Gasteiger partial charge in [-0.15, -0.1) is 0 Å². The Bertz CT molecular complexity index is 453. The molecule has 0 saturated carbocycles. The molecule has 0 N–H and O–H groups in total. The van der Waals surface area contributed by atoms with E-state index >= 15 is 0 Å². The van der Waals surface area contributed by atoms with Gasteiger partial charge in [-0.2, -0.15) is 0 Å². The van der Waals surface area contributed by atoms with Crippen LogP contribution in [0.25, 0.3) is 11.3 Å². The van der Waals surface area contributed by atoms with E-state index in [-0.39, 0.29) is 0 Å². The molecule has 0 aliphatic carbocycles. The topological polar surface area (TPSA) is 35.3 Å². The molecular formula is C11H10BrNO2. The molecule has 0 radical (unpaired) electrons. The Morgan fingerprint density at radius 3 is 2.93 bits per heavy atom. The van der Waals surface area contributed by atoms with Gasteiger partial charge in [0.05, 0.1) is 18.4 Å². The molecule has 0 spiro atoms. The molecule has 1 heterocycles. The number of alkyl halides is 1. The van der Waals surface area contributed by atoms with Gasteiger partial charge in [0, 0.05) is 5.33 Å². The summed E-state index contributed by atoms with van der Waals surface area (Å²) >= 11 is 3.37. The van der Waals surface area contributed by atoms with Gasteiger partial charge < -0.3 is 9.15 Å². The first-order valence-corrected chi connectivity index (χ1v) is 5.60. The molecule has 1 aromatic carbocycles. The molecule has 0 saturated heterocycles. The fourth-order valence-electron chi connectivity index (χ4n) is 1.42. The van der Waals surface area contributed by atoms with E-state index in [4.69, 9.17) is 9.15 Å². The van der Waals surface area contributed by atoms with Crippen molar-refractivity contribution in [2.24, 2.45) is 0 Å². The molecule has 15 heavy (non-hydrogen) atoms. The molecule has 2 rings (SSSR count). The van der Waals surface area contributed by atoms with Crippen LogP contribution in [0.3, 0.4) is 0 Å². The Morgan fingerprint density at radius 2 is 2.20 bits per heavy atom. The molecule has 0 bridgehead atoms.